The highest BCUT2D eigenvalue weighted by Crippen LogP contribution is 2.20. The number of hydrogen-bond acceptors (Lipinski definition) is 1. The highest BCUT2D eigenvalue weighted by molar-refractivity contribution is 5.94. The van der Waals surface area contributed by atoms with Gasteiger partial charge in [-0.05, 0) is 50.3 Å². The zero-order valence-corrected chi connectivity index (χ0v) is 14.0. The first-order valence-corrected chi connectivity index (χ1v) is 8.59. The molecule has 0 radical (unpaired) electrons. The molecule has 23 heavy (non-hydrogen) atoms. The molecule has 1 aliphatic carbocycles. The molecule has 0 aliphatic heterocycles. The van der Waals surface area contributed by atoms with Crippen molar-refractivity contribution in [2.45, 2.75) is 45.6 Å². The molecule has 2 aromatic rings. The molecule has 0 saturated heterocycles. The summed E-state index contributed by atoms with van der Waals surface area (Å²) in [5, 5.41) is 0. The van der Waals surface area contributed by atoms with Gasteiger partial charge in [0.1, 0.15) is 0 Å². The fourth-order valence-electron chi connectivity index (χ4n) is 3.36. The van der Waals surface area contributed by atoms with Crippen LogP contribution >= 0.6 is 0 Å². The molecule has 0 spiro atoms. The van der Waals surface area contributed by atoms with Crippen LogP contribution in [0.4, 0.5) is 5.69 Å². The van der Waals surface area contributed by atoms with E-state index in [9.17, 15) is 4.79 Å². The fraction of sp³-hybridized carbons (Fsp3) is 0.400. The molecule has 3 nitrogen and oxygen atoms in total. The molecule has 0 bridgehead atoms. The average Bonchev–Trinajstić information content (AvgIpc) is 2.62. The van der Waals surface area contributed by atoms with Crippen LogP contribution in [0.25, 0.3) is 0 Å². The molecule has 1 aliphatic rings. The summed E-state index contributed by atoms with van der Waals surface area (Å²) < 4.78 is 2.07. The number of anilines is 1. The second-order valence-corrected chi connectivity index (χ2v) is 6.24. The molecular formula is C20H25N2O+. The average molecular weight is 309 g/mol. The lowest BCUT2D eigenvalue weighted by Gasteiger charge is -2.23. The maximum absolute atomic E-state index is 12.9. The van der Waals surface area contributed by atoms with Crippen molar-refractivity contribution in [2.75, 3.05) is 11.4 Å². The standard InChI is InChI=1S/C20H25N2O/c1-3-22(19-11-5-4-6-12-19)20(23)16(2)21-14-13-17-9-7-8-10-18(17)15-21/h4-6,11-16H,3,7-10H2,1-2H3/q+1/t16-/m1/s1. The topological polar surface area (TPSA) is 24.2 Å². The summed E-state index contributed by atoms with van der Waals surface area (Å²) in [7, 11) is 0. The number of carbonyl (C=O) groups excluding carboxylic acids is 1. The van der Waals surface area contributed by atoms with E-state index in [1.165, 1.54) is 30.4 Å². The SMILES string of the molecule is CCN(C(=O)[C@@H](C)[n+]1ccc2c(c1)CCCC2)c1ccccc1. The smallest absolute Gasteiger partial charge is 0.295 e. The highest BCUT2D eigenvalue weighted by Gasteiger charge is 2.28. The van der Waals surface area contributed by atoms with Gasteiger partial charge in [0.25, 0.3) is 5.91 Å². The number of fused-ring (bicyclic) bond motifs is 1. The number of carbonyl (C=O) groups is 1. The third-order valence-electron chi connectivity index (χ3n) is 4.76. The van der Waals surface area contributed by atoms with Crippen molar-refractivity contribution in [3.63, 3.8) is 0 Å². The number of aryl methyl sites for hydroxylation is 2. The first-order chi connectivity index (χ1) is 11.2. The van der Waals surface area contributed by atoms with Crippen molar-refractivity contribution in [3.05, 3.63) is 59.9 Å². The van der Waals surface area contributed by atoms with E-state index in [2.05, 4.69) is 23.0 Å². The van der Waals surface area contributed by atoms with E-state index < -0.39 is 0 Å². The summed E-state index contributed by atoms with van der Waals surface area (Å²) >= 11 is 0. The minimum absolute atomic E-state index is 0.138. The van der Waals surface area contributed by atoms with Crippen molar-refractivity contribution in [3.8, 4) is 0 Å². The number of hydrogen-bond donors (Lipinski definition) is 0. The van der Waals surface area contributed by atoms with Crippen LogP contribution in [0.1, 0.15) is 43.9 Å². The molecule has 120 valence electrons. The Morgan fingerprint density at radius 2 is 1.83 bits per heavy atom. The van der Waals surface area contributed by atoms with Gasteiger partial charge in [0.2, 0.25) is 6.04 Å². The minimum Gasteiger partial charge on any atom is -0.307 e. The summed E-state index contributed by atoms with van der Waals surface area (Å²) in [6.07, 6.45) is 9.08. The van der Waals surface area contributed by atoms with Gasteiger partial charge in [-0.3, -0.25) is 4.79 Å². The lowest BCUT2D eigenvalue weighted by atomic mass is 9.93. The molecule has 0 fully saturated rings. The normalized spacial score (nSPS) is 14.9. The lowest BCUT2D eigenvalue weighted by Crippen LogP contribution is -2.48. The summed E-state index contributed by atoms with van der Waals surface area (Å²) in [6, 6.07) is 11.9. The van der Waals surface area contributed by atoms with Crippen LogP contribution in [0.3, 0.4) is 0 Å². The monoisotopic (exact) mass is 309 g/mol. The Morgan fingerprint density at radius 1 is 1.13 bits per heavy atom. The van der Waals surface area contributed by atoms with Crippen molar-refractivity contribution in [1.29, 1.82) is 0 Å². The Labute approximate surface area is 138 Å². The molecule has 0 unspecified atom stereocenters. The van der Waals surface area contributed by atoms with Crippen LogP contribution in [0.15, 0.2) is 48.8 Å². The van der Waals surface area contributed by atoms with Crippen molar-refractivity contribution in [2.24, 2.45) is 0 Å². The largest absolute Gasteiger partial charge is 0.307 e. The van der Waals surface area contributed by atoms with Crippen LogP contribution in [0.5, 0.6) is 0 Å². The summed E-state index contributed by atoms with van der Waals surface area (Å²) in [5.41, 5.74) is 3.81. The van der Waals surface area contributed by atoms with Gasteiger partial charge in [-0.2, -0.15) is 4.57 Å². The fourth-order valence-corrected chi connectivity index (χ4v) is 3.36. The number of rotatable bonds is 4. The molecule has 3 heteroatoms. The Bertz CT molecular complexity index is 681. The predicted molar refractivity (Wildman–Crippen MR) is 92.5 cm³/mol. The van der Waals surface area contributed by atoms with Crippen molar-refractivity contribution in [1.82, 2.24) is 0 Å². The van der Waals surface area contributed by atoms with Gasteiger partial charge >= 0.3 is 0 Å². The zero-order valence-electron chi connectivity index (χ0n) is 14.0. The molecule has 0 saturated carbocycles. The minimum atomic E-state index is -0.192. The molecule has 3 rings (SSSR count). The predicted octanol–water partition coefficient (Wildman–Crippen LogP) is 3.47. The molecule has 1 heterocycles. The number of amides is 1. The first-order valence-electron chi connectivity index (χ1n) is 8.59. The maximum atomic E-state index is 12.9. The quantitative estimate of drug-likeness (QED) is 0.794. The Morgan fingerprint density at radius 3 is 2.52 bits per heavy atom. The number of likely N-dealkylation sites (N-methyl/N-ethyl adjacent to an activating group) is 1. The van der Waals surface area contributed by atoms with E-state index in [-0.39, 0.29) is 11.9 Å². The molecule has 1 aromatic carbocycles. The van der Waals surface area contributed by atoms with Gasteiger partial charge in [0.15, 0.2) is 12.4 Å². The van der Waals surface area contributed by atoms with Crippen LogP contribution in [0.2, 0.25) is 0 Å². The maximum Gasteiger partial charge on any atom is 0.295 e. The van der Waals surface area contributed by atoms with Gasteiger partial charge in [-0.25, -0.2) is 0 Å². The molecule has 0 N–H and O–H groups in total. The zero-order chi connectivity index (χ0) is 16.2. The highest BCUT2D eigenvalue weighted by atomic mass is 16.2. The third-order valence-corrected chi connectivity index (χ3v) is 4.76. The van der Waals surface area contributed by atoms with E-state index in [4.69, 9.17) is 0 Å². The molecule has 1 aromatic heterocycles. The summed E-state index contributed by atoms with van der Waals surface area (Å²) in [6.45, 7) is 4.69. The van der Waals surface area contributed by atoms with Crippen molar-refractivity contribution >= 4 is 11.6 Å². The third kappa shape index (κ3) is 3.29. The Hall–Kier alpha value is -2.16. The number of para-hydroxylation sites is 1. The number of aromatic nitrogens is 1. The second-order valence-electron chi connectivity index (χ2n) is 6.24. The van der Waals surface area contributed by atoms with Crippen LogP contribution < -0.4 is 9.47 Å². The number of nitrogens with zero attached hydrogens (tertiary/aromatic N) is 2. The van der Waals surface area contributed by atoms with E-state index in [0.29, 0.717) is 6.54 Å². The van der Waals surface area contributed by atoms with Crippen molar-refractivity contribution < 1.29 is 9.36 Å². The van der Waals surface area contributed by atoms with E-state index >= 15 is 0 Å². The van der Waals surface area contributed by atoms with Gasteiger partial charge < -0.3 is 4.90 Å². The second kappa shape index (κ2) is 6.95. The van der Waals surface area contributed by atoms with Gasteiger partial charge in [-0.15, -0.1) is 0 Å². The van der Waals surface area contributed by atoms with Gasteiger partial charge in [-0.1, -0.05) is 18.2 Å². The Kier molecular flexibility index (Phi) is 4.75. The van der Waals surface area contributed by atoms with E-state index in [0.717, 1.165) is 12.1 Å². The summed E-state index contributed by atoms with van der Waals surface area (Å²) in [4.78, 5) is 14.8. The van der Waals surface area contributed by atoms with E-state index in [1.807, 2.05) is 49.1 Å². The summed E-state index contributed by atoms with van der Waals surface area (Å²) in [5.74, 6) is 0.138. The Balaban J connectivity index is 1.84. The van der Waals surface area contributed by atoms with Crippen LogP contribution in [0, 0.1) is 0 Å². The van der Waals surface area contributed by atoms with E-state index in [1.54, 1.807) is 0 Å². The number of pyridine rings is 1. The first kappa shape index (κ1) is 15.7. The van der Waals surface area contributed by atoms with Gasteiger partial charge in [0.05, 0.1) is 0 Å². The number of benzene rings is 1. The van der Waals surface area contributed by atoms with Crippen LogP contribution in [-0.4, -0.2) is 12.5 Å². The lowest BCUT2D eigenvalue weighted by molar-refractivity contribution is -0.706. The molecule has 1 atom stereocenters. The van der Waals surface area contributed by atoms with Gasteiger partial charge in [0, 0.05) is 30.8 Å². The van der Waals surface area contributed by atoms with Crippen LogP contribution in [-0.2, 0) is 17.6 Å². The molecule has 1 amide bonds. The molecular weight excluding hydrogens is 284 g/mol.